The molecule has 4 aromatic rings. The molecule has 0 aliphatic heterocycles. The van der Waals surface area contributed by atoms with Crippen LogP contribution in [-0.2, 0) is 0 Å². The number of imidazole rings is 1. The number of hydrogen-bond donors (Lipinski definition) is 0. The molecule has 0 radical (unpaired) electrons. The van der Waals surface area contributed by atoms with Gasteiger partial charge in [-0.2, -0.15) is 0 Å². The van der Waals surface area contributed by atoms with E-state index >= 15 is 0 Å². The van der Waals surface area contributed by atoms with Crippen molar-refractivity contribution in [3.8, 4) is 17.2 Å². The van der Waals surface area contributed by atoms with Crippen molar-refractivity contribution in [3.05, 3.63) is 77.9 Å². The molecule has 5 nitrogen and oxygen atoms in total. The molecule has 162 valence electrons. The van der Waals surface area contributed by atoms with E-state index in [2.05, 4.69) is 57.0 Å². The van der Waals surface area contributed by atoms with Crippen molar-refractivity contribution in [2.24, 2.45) is 0 Å². The predicted molar refractivity (Wildman–Crippen MR) is 128 cm³/mol. The highest BCUT2D eigenvalue weighted by atomic mass is 16.5. The van der Waals surface area contributed by atoms with E-state index in [1.54, 1.807) is 13.3 Å². The molecule has 0 bridgehead atoms. The third-order valence-corrected chi connectivity index (χ3v) is 6.03. The van der Waals surface area contributed by atoms with E-state index < -0.39 is 0 Å². The van der Waals surface area contributed by atoms with Crippen LogP contribution in [0.1, 0.15) is 42.6 Å². The van der Waals surface area contributed by atoms with E-state index in [9.17, 15) is 0 Å². The van der Waals surface area contributed by atoms with Gasteiger partial charge in [-0.15, -0.1) is 0 Å². The molecule has 5 rings (SSSR count). The number of fused-ring (bicyclic) bond motifs is 1. The van der Waals surface area contributed by atoms with E-state index in [4.69, 9.17) is 9.47 Å². The molecular formula is C27H27N3O2. The van der Waals surface area contributed by atoms with Crippen molar-refractivity contribution in [2.45, 2.75) is 38.7 Å². The van der Waals surface area contributed by atoms with E-state index in [-0.39, 0.29) is 0 Å². The van der Waals surface area contributed by atoms with Gasteiger partial charge >= 0.3 is 0 Å². The number of aromatic nitrogens is 3. The van der Waals surface area contributed by atoms with Gasteiger partial charge in [0.25, 0.3) is 0 Å². The van der Waals surface area contributed by atoms with Gasteiger partial charge in [0.05, 0.1) is 30.4 Å². The standard InChI is InChI=1S/C27H27N3O2/c1-19-29-24-15-16-28-18-25(24)30(19)22-12-9-20(10-13-22)7-8-21-11-14-26(27(17-21)31-2)32-23-5-3-4-6-23/h7-18,23H,3-6H2,1-2H3/b8-7-. The number of methoxy groups -OCH3 is 1. The molecule has 32 heavy (non-hydrogen) atoms. The Bertz CT molecular complexity index is 1250. The summed E-state index contributed by atoms with van der Waals surface area (Å²) in [6, 6.07) is 16.5. The fourth-order valence-electron chi connectivity index (χ4n) is 4.37. The minimum Gasteiger partial charge on any atom is -0.493 e. The number of rotatable bonds is 6. The van der Waals surface area contributed by atoms with Crippen molar-refractivity contribution in [1.29, 1.82) is 0 Å². The number of aryl methyl sites for hydroxylation is 1. The lowest BCUT2D eigenvalue weighted by Crippen LogP contribution is -2.11. The molecular weight excluding hydrogens is 398 g/mol. The number of pyridine rings is 1. The van der Waals surface area contributed by atoms with Crippen LogP contribution in [-0.4, -0.2) is 27.7 Å². The molecule has 1 saturated carbocycles. The zero-order valence-electron chi connectivity index (χ0n) is 18.5. The average molecular weight is 426 g/mol. The number of nitrogens with zero attached hydrogens (tertiary/aromatic N) is 3. The van der Waals surface area contributed by atoms with Crippen LogP contribution in [0.25, 0.3) is 28.9 Å². The Morgan fingerprint density at radius 1 is 0.938 bits per heavy atom. The summed E-state index contributed by atoms with van der Waals surface area (Å²) in [5.74, 6) is 2.56. The van der Waals surface area contributed by atoms with Gasteiger partial charge in [-0.3, -0.25) is 9.55 Å². The second-order valence-corrected chi connectivity index (χ2v) is 8.22. The molecule has 1 aliphatic carbocycles. The van der Waals surface area contributed by atoms with Crippen LogP contribution in [0.4, 0.5) is 0 Å². The molecule has 1 fully saturated rings. The monoisotopic (exact) mass is 425 g/mol. The maximum Gasteiger partial charge on any atom is 0.161 e. The van der Waals surface area contributed by atoms with E-state index in [1.165, 1.54) is 12.8 Å². The highest BCUT2D eigenvalue weighted by Gasteiger charge is 2.18. The van der Waals surface area contributed by atoms with Crippen molar-refractivity contribution in [3.63, 3.8) is 0 Å². The summed E-state index contributed by atoms with van der Waals surface area (Å²) < 4.78 is 13.9. The summed E-state index contributed by atoms with van der Waals surface area (Å²) in [5.41, 5.74) is 5.24. The van der Waals surface area contributed by atoms with E-state index in [0.717, 1.165) is 58.0 Å². The van der Waals surface area contributed by atoms with Crippen LogP contribution in [0.3, 0.4) is 0 Å². The molecule has 0 N–H and O–H groups in total. The van der Waals surface area contributed by atoms with Crippen LogP contribution < -0.4 is 9.47 Å². The Hall–Kier alpha value is -3.60. The van der Waals surface area contributed by atoms with Gasteiger partial charge < -0.3 is 9.47 Å². The van der Waals surface area contributed by atoms with Gasteiger partial charge in [0.2, 0.25) is 0 Å². The maximum atomic E-state index is 6.14. The third-order valence-electron chi connectivity index (χ3n) is 6.03. The summed E-state index contributed by atoms with van der Waals surface area (Å²) in [6.45, 7) is 2.02. The number of hydrogen-bond acceptors (Lipinski definition) is 4. The van der Waals surface area contributed by atoms with Gasteiger partial charge in [0.15, 0.2) is 11.5 Å². The predicted octanol–water partition coefficient (Wildman–Crippen LogP) is 6.23. The first kappa shape index (κ1) is 20.3. The maximum absolute atomic E-state index is 6.14. The Morgan fingerprint density at radius 2 is 1.69 bits per heavy atom. The Balaban J connectivity index is 1.34. The quantitative estimate of drug-likeness (QED) is 0.344. The molecule has 0 spiro atoms. The minimum absolute atomic E-state index is 0.316. The average Bonchev–Trinajstić information content (AvgIpc) is 3.45. The minimum atomic E-state index is 0.316. The SMILES string of the molecule is COc1cc(/C=C\c2ccc(-n3c(C)nc4ccncc43)cc2)ccc1OC1CCCC1. The lowest BCUT2D eigenvalue weighted by molar-refractivity contribution is 0.201. The van der Waals surface area contributed by atoms with Crippen LogP contribution >= 0.6 is 0 Å². The van der Waals surface area contributed by atoms with Gasteiger partial charge in [0.1, 0.15) is 5.82 Å². The van der Waals surface area contributed by atoms with E-state index in [1.807, 2.05) is 31.3 Å². The van der Waals surface area contributed by atoms with Crippen molar-refractivity contribution in [1.82, 2.24) is 14.5 Å². The van der Waals surface area contributed by atoms with E-state index in [0.29, 0.717) is 6.10 Å². The Kier molecular flexibility index (Phi) is 5.63. The molecule has 0 atom stereocenters. The largest absolute Gasteiger partial charge is 0.493 e. The molecule has 1 aliphatic rings. The zero-order valence-corrected chi connectivity index (χ0v) is 18.5. The normalized spacial score (nSPS) is 14.4. The molecule has 5 heteroatoms. The fourth-order valence-corrected chi connectivity index (χ4v) is 4.37. The summed E-state index contributed by atoms with van der Waals surface area (Å²) in [7, 11) is 1.69. The molecule has 0 unspecified atom stereocenters. The number of ether oxygens (including phenoxy) is 2. The summed E-state index contributed by atoms with van der Waals surface area (Å²) in [4.78, 5) is 8.88. The molecule has 2 aromatic heterocycles. The first-order valence-corrected chi connectivity index (χ1v) is 11.1. The third kappa shape index (κ3) is 4.11. The second-order valence-electron chi connectivity index (χ2n) is 8.22. The van der Waals surface area contributed by atoms with Gasteiger partial charge in [-0.25, -0.2) is 4.98 Å². The zero-order chi connectivity index (χ0) is 21.9. The van der Waals surface area contributed by atoms with Gasteiger partial charge in [-0.1, -0.05) is 30.4 Å². The molecule has 0 amide bonds. The van der Waals surface area contributed by atoms with Crippen LogP contribution in [0.2, 0.25) is 0 Å². The van der Waals surface area contributed by atoms with Crippen molar-refractivity contribution < 1.29 is 9.47 Å². The van der Waals surface area contributed by atoms with Crippen molar-refractivity contribution >= 4 is 23.2 Å². The lowest BCUT2D eigenvalue weighted by atomic mass is 10.1. The highest BCUT2D eigenvalue weighted by Crippen LogP contribution is 2.33. The summed E-state index contributed by atoms with van der Waals surface area (Å²) >= 11 is 0. The Morgan fingerprint density at radius 3 is 2.47 bits per heavy atom. The first-order chi connectivity index (χ1) is 15.7. The summed E-state index contributed by atoms with van der Waals surface area (Å²) in [6.07, 6.45) is 12.9. The number of benzene rings is 2. The lowest BCUT2D eigenvalue weighted by Gasteiger charge is -2.16. The van der Waals surface area contributed by atoms with Gasteiger partial charge in [0, 0.05) is 11.9 Å². The molecule has 2 heterocycles. The highest BCUT2D eigenvalue weighted by molar-refractivity contribution is 5.77. The molecule has 0 saturated heterocycles. The summed E-state index contributed by atoms with van der Waals surface area (Å²) in [5, 5.41) is 0. The fraction of sp³-hybridized carbons (Fsp3) is 0.259. The molecule has 2 aromatic carbocycles. The smallest absolute Gasteiger partial charge is 0.161 e. The van der Waals surface area contributed by atoms with Crippen LogP contribution in [0.5, 0.6) is 11.5 Å². The van der Waals surface area contributed by atoms with Crippen LogP contribution in [0.15, 0.2) is 60.9 Å². The second kappa shape index (κ2) is 8.87. The van der Waals surface area contributed by atoms with Crippen molar-refractivity contribution in [2.75, 3.05) is 7.11 Å². The van der Waals surface area contributed by atoms with Crippen LogP contribution in [0, 0.1) is 6.92 Å². The first-order valence-electron chi connectivity index (χ1n) is 11.1. The topological polar surface area (TPSA) is 49.2 Å². The van der Waals surface area contributed by atoms with Gasteiger partial charge in [-0.05, 0) is 74.1 Å². The Labute approximate surface area is 188 Å².